The minimum absolute atomic E-state index is 0.0967. The largest absolute Gasteiger partial charge is 0.481 e. The van der Waals surface area contributed by atoms with Gasteiger partial charge < -0.3 is 14.6 Å². The van der Waals surface area contributed by atoms with Gasteiger partial charge in [0.05, 0.1) is 18.6 Å². The molecule has 4 nitrogen and oxygen atoms in total. The van der Waals surface area contributed by atoms with Gasteiger partial charge in [-0.05, 0) is 19.8 Å². The van der Waals surface area contributed by atoms with Gasteiger partial charge in [-0.1, -0.05) is 0 Å². The third-order valence-electron chi connectivity index (χ3n) is 2.98. The van der Waals surface area contributed by atoms with Gasteiger partial charge in [0.1, 0.15) is 0 Å². The van der Waals surface area contributed by atoms with Crippen LogP contribution in [0.3, 0.4) is 0 Å². The number of ether oxygens (including phenoxy) is 2. The van der Waals surface area contributed by atoms with E-state index in [0.717, 1.165) is 25.7 Å². The van der Waals surface area contributed by atoms with E-state index in [2.05, 4.69) is 0 Å². The minimum Gasteiger partial charge on any atom is -0.481 e. The first kappa shape index (κ1) is 9.93. The Bertz CT molecular complexity index is 240. The smallest absolute Gasteiger partial charge is 0.305 e. The number of carbonyl (C=O) groups is 1. The van der Waals surface area contributed by atoms with E-state index in [1.54, 1.807) is 0 Å². The normalized spacial score (nSPS) is 42.1. The number of carboxylic acids is 1. The molecule has 0 aromatic rings. The van der Waals surface area contributed by atoms with Gasteiger partial charge in [-0.3, -0.25) is 4.79 Å². The maximum absolute atomic E-state index is 10.5. The van der Waals surface area contributed by atoms with E-state index in [4.69, 9.17) is 14.6 Å². The molecule has 0 saturated carbocycles. The highest BCUT2D eigenvalue weighted by Crippen LogP contribution is 2.42. The van der Waals surface area contributed by atoms with E-state index in [9.17, 15) is 4.79 Å². The lowest BCUT2D eigenvalue weighted by molar-refractivity contribution is -0.214. The van der Waals surface area contributed by atoms with Gasteiger partial charge in [0, 0.05) is 12.8 Å². The molecule has 80 valence electrons. The van der Waals surface area contributed by atoms with Crippen LogP contribution in [0.25, 0.3) is 0 Å². The van der Waals surface area contributed by atoms with Crippen molar-refractivity contribution in [2.24, 2.45) is 0 Å². The van der Waals surface area contributed by atoms with Crippen molar-refractivity contribution in [3.05, 3.63) is 0 Å². The molecular weight excluding hydrogens is 184 g/mol. The van der Waals surface area contributed by atoms with Gasteiger partial charge in [0.15, 0.2) is 5.79 Å². The van der Waals surface area contributed by atoms with Crippen LogP contribution in [0.5, 0.6) is 0 Å². The first-order valence-electron chi connectivity index (χ1n) is 5.17. The molecule has 2 saturated heterocycles. The lowest BCUT2D eigenvalue weighted by atomic mass is 10.1. The maximum atomic E-state index is 10.5. The summed E-state index contributed by atoms with van der Waals surface area (Å²) in [7, 11) is 0. The quantitative estimate of drug-likeness (QED) is 0.734. The van der Waals surface area contributed by atoms with Gasteiger partial charge in [-0.25, -0.2) is 0 Å². The van der Waals surface area contributed by atoms with E-state index in [1.165, 1.54) is 0 Å². The van der Waals surface area contributed by atoms with Gasteiger partial charge in [-0.2, -0.15) is 0 Å². The predicted molar refractivity (Wildman–Crippen MR) is 48.9 cm³/mol. The summed E-state index contributed by atoms with van der Waals surface area (Å²) < 4.78 is 11.4. The maximum Gasteiger partial charge on any atom is 0.305 e. The first-order chi connectivity index (χ1) is 6.60. The lowest BCUT2D eigenvalue weighted by Crippen LogP contribution is -2.29. The molecule has 4 heteroatoms. The van der Waals surface area contributed by atoms with Crippen LogP contribution in [0, 0.1) is 0 Å². The molecule has 2 aliphatic rings. The van der Waals surface area contributed by atoms with E-state index >= 15 is 0 Å². The molecule has 1 spiro atoms. The predicted octanol–water partition coefficient (Wildman–Crippen LogP) is 1.54. The molecule has 2 heterocycles. The zero-order chi connectivity index (χ0) is 10.2. The number of carboxylic acid groups (broad SMARTS) is 1. The number of hydrogen-bond donors (Lipinski definition) is 1. The summed E-state index contributed by atoms with van der Waals surface area (Å²) in [5, 5.41) is 8.64. The molecule has 3 atom stereocenters. The topological polar surface area (TPSA) is 55.8 Å². The molecule has 0 aliphatic carbocycles. The molecule has 2 aliphatic heterocycles. The molecule has 0 unspecified atom stereocenters. The molecule has 2 rings (SSSR count). The van der Waals surface area contributed by atoms with Crippen LogP contribution in [0.4, 0.5) is 0 Å². The highest BCUT2D eigenvalue weighted by atomic mass is 16.7. The van der Waals surface area contributed by atoms with Gasteiger partial charge in [0.2, 0.25) is 0 Å². The lowest BCUT2D eigenvalue weighted by Gasteiger charge is -2.23. The Labute approximate surface area is 83.2 Å². The van der Waals surface area contributed by atoms with E-state index in [0.29, 0.717) is 0 Å². The summed E-state index contributed by atoms with van der Waals surface area (Å²) in [4.78, 5) is 10.5. The highest BCUT2D eigenvalue weighted by Gasteiger charge is 2.46. The van der Waals surface area contributed by atoms with E-state index in [1.807, 2.05) is 6.92 Å². The SMILES string of the molecule is C[C@H]1CC[C@@]2(CC[C@H](CC(=O)O)O2)O1. The average Bonchev–Trinajstić information content (AvgIpc) is 2.60. The summed E-state index contributed by atoms with van der Waals surface area (Å²) in [5.74, 6) is -1.24. The Kier molecular flexibility index (Phi) is 2.49. The van der Waals surface area contributed by atoms with Crippen LogP contribution in [0.2, 0.25) is 0 Å². The second-order valence-electron chi connectivity index (χ2n) is 4.25. The van der Waals surface area contributed by atoms with Crippen molar-refractivity contribution in [1.29, 1.82) is 0 Å². The number of hydrogen-bond acceptors (Lipinski definition) is 3. The standard InChI is InChI=1S/C10H16O4/c1-7-2-4-10(13-7)5-3-8(14-10)6-9(11)12/h7-8H,2-6H2,1H3,(H,11,12)/t7-,8+,10+/m0/s1. The van der Waals surface area contributed by atoms with Crippen LogP contribution in [0.1, 0.15) is 39.0 Å². The van der Waals surface area contributed by atoms with E-state index < -0.39 is 11.8 Å². The molecule has 0 radical (unpaired) electrons. The molecular formula is C10H16O4. The summed E-state index contributed by atoms with van der Waals surface area (Å²) in [6.45, 7) is 2.03. The molecule has 2 fully saturated rings. The van der Waals surface area contributed by atoms with Crippen LogP contribution in [-0.2, 0) is 14.3 Å². The fourth-order valence-corrected chi connectivity index (χ4v) is 2.32. The van der Waals surface area contributed by atoms with Crippen molar-refractivity contribution in [3.63, 3.8) is 0 Å². The van der Waals surface area contributed by atoms with Crippen molar-refractivity contribution in [3.8, 4) is 0 Å². The monoisotopic (exact) mass is 200 g/mol. The fourth-order valence-electron chi connectivity index (χ4n) is 2.32. The summed E-state index contributed by atoms with van der Waals surface area (Å²) in [5.41, 5.74) is 0. The fraction of sp³-hybridized carbons (Fsp3) is 0.900. The van der Waals surface area contributed by atoms with Crippen molar-refractivity contribution in [2.45, 2.75) is 57.0 Å². The molecule has 14 heavy (non-hydrogen) atoms. The van der Waals surface area contributed by atoms with Crippen LogP contribution >= 0.6 is 0 Å². The Balaban J connectivity index is 1.91. The minimum atomic E-state index is -0.793. The molecule has 0 bridgehead atoms. The highest BCUT2D eigenvalue weighted by molar-refractivity contribution is 5.67. The molecule has 0 aromatic carbocycles. The first-order valence-corrected chi connectivity index (χ1v) is 5.17. The second kappa shape index (κ2) is 3.51. The van der Waals surface area contributed by atoms with E-state index in [-0.39, 0.29) is 18.6 Å². The molecule has 0 aromatic heterocycles. The Morgan fingerprint density at radius 2 is 2.14 bits per heavy atom. The Hall–Kier alpha value is -0.610. The molecule has 1 N–H and O–H groups in total. The Morgan fingerprint density at radius 3 is 2.71 bits per heavy atom. The van der Waals surface area contributed by atoms with Crippen LogP contribution < -0.4 is 0 Å². The number of rotatable bonds is 2. The zero-order valence-electron chi connectivity index (χ0n) is 8.36. The van der Waals surface area contributed by atoms with Crippen molar-refractivity contribution in [2.75, 3.05) is 0 Å². The van der Waals surface area contributed by atoms with Gasteiger partial charge >= 0.3 is 5.97 Å². The third kappa shape index (κ3) is 1.91. The number of aliphatic carboxylic acids is 1. The van der Waals surface area contributed by atoms with Crippen molar-refractivity contribution in [1.82, 2.24) is 0 Å². The molecule has 0 amide bonds. The summed E-state index contributed by atoms with van der Waals surface area (Å²) >= 11 is 0. The van der Waals surface area contributed by atoms with Crippen LogP contribution in [0.15, 0.2) is 0 Å². The Morgan fingerprint density at radius 1 is 1.43 bits per heavy atom. The third-order valence-corrected chi connectivity index (χ3v) is 2.98. The zero-order valence-corrected chi connectivity index (χ0v) is 8.36. The van der Waals surface area contributed by atoms with Crippen molar-refractivity contribution >= 4 is 5.97 Å². The van der Waals surface area contributed by atoms with Crippen molar-refractivity contribution < 1.29 is 19.4 Å². The summed E-state index contributed by atoms with van der Waals surface area (Å²) in [6.07, 6.45) is 3.76. The second-order valence-corrected chi connectivity index (χ2v) is 4.25. The van der Waals surface area contributed by atoms with Gasteiger partial charge in [-0.15, -0.1) is 0 Å². The average molecular weight is 200 g/mol. The van der Waals surface area contributed by atoms with Gasteiger partial charge in [0.25, 0.3) is 0 Å². The van der Waals surface area contributed by atoms with Crippen LogP contribution in [-0.4, -0.2) is 29.1 Å². The summed E-state index contributed by atoms with van der Waals surface area (Å²) in [6, 6.07) is 0.